The lowest BCUT2D eigenvalue weighted by Crippen LogP contribution is -2.32. The highest BCUT2D eigenvalue weighted by molar-refractivity contribution is 6.04. The molecule has 0 spiro atoms. The fourth-order valence-electron chi connectivity index (χ4n) is 4.26. The van der Waals surface area contributed by atoms with E-state index < -0.39 is 11.9 Å². The van der Waals surface area contributed by atoms with Gasteiger partial charge in [0.2, 0.25) is 5.88 Å². The predicted molar refractivity (Wildman–Crippen MR) is 114 cm³/mol. The molecule has 0 saturated carbocycles. The minimum absolute atomic E-state index is 0.0591. The third kappa shape index (κ3) is 4.55. The number of anilines is 1. The lowest BCUT2D eigenvalue weighted by Gasteiger charge is -2.19. The number of halogens is 1. The van der Waals surface area contributed by atoms with Crippen molar-refractivity contribution in [2.75, 3.05) is 11.4 Å². The van der Waals surface area contributed by atoms with Crippen LogP contribution in [0.1, 0.15) is 56.0 Å². The van der Waals surface area contributed by atoms with Gasteiger partial charge in [-0.3, -0.25) is 9.59 Å². The third-order valence-corrected chi connectivity index (χ3v) is 5.66. The molecule has 1 amide bonds. The van der Waals surface area contributed by atoms with Gasteiger partial charge >= 0.3 is 0 Å². The van der Waals surface area contributed by atoms with Crippen LogP contribution in [-0.2, 0) is 11.2 Å². The molecular weight excluding hydrogens is 399 g/mol. The number of carbonyl (C=O) groups excluding carboxylic acids is 2. The zero-order valence-corrected chi connectivity index (χ0v) is 18.1. The van der Waals surface area contributed by atoms with E-state index in [0.717, 1.165) is 6.42 Å². The Hall–Kier alpha value is -2.96. The van der Waals surface area contributed by atoms with Crippen LogP contribution in [0.2, 0.25) is 0 Å². The van der Waals surface area contributed by atoms with Gasteiger partial charge in [-0.15, -0.1) is 0 Å². The highest BCUT2D eigenvalue weighted by atomic mass is 19.1. The molecule has 0 N–H and O–H groups in total. The van der Waals surface area contributed by atoms with Crippen LogP contribution in [0.15, 0.2) is 30.5 Å². The predicted octanol–water partition coefficient (Wildman–Crippen LogP) is 4.35. The van der Waals surface area contributed by atoms with Gasteiger partial charge in [0.1, 0.15) is 11.6 Å². The average Bonchev–Trinajstić information content (AvgIpc) is 3.26. The monoisotopic (exact) mass is 426 g/mol. The van der Waals surface area contributed by atoms with Crippen LogP contribution in [0.4, 0.5) is 10.1 Å². The fourth-order valence-corrected chi connectivity index (χ4v) is 4.26. The maximum Gasteiger partial charge on any atom is 0.268 e. The summed E-state index contributed by atoms with van der Waals surface area (Å²) in [5.74, 6) is 0.757. The fraction of sp³-hybridized carbons (Fsp3) is 0.458. The SMILES string of the molecule is CC(C)CC(C)Oc1ccc(OC2CCN(c3cc(F)c4c(c3)C(=O)CC4)C2=O)cn1. The van der Waals surface area contributed by atoms with Crippen molar-refractivity contribution >= 4 is 17.4 Å². The van der Waals surface area contributed by atoms with E-state index in [1.807, 2.05) is 6.92 Å². The van der Waals surface area contributed by atoms with Crippen molar-refractivity contribution in [2.45, 2.75) is 58.7 Å². The second-order valence-corrected chi connectivity index (χ2v) is 8.65. The van der Waals surface area contributed by atoms with Crippen molar-refractivity contribution in [1.29, 1.82) is 0 Å². The summed E-state index contributed by atoms with van der Waals surface area (Å²) >= 11 is 0. The number of pyridine rings is 1. The Balaban J connectivity index is 1.40. The molecule has 1 aliphatic heterocycles. The topological polar surface area (TPSA) is 68.7 Å². The van der Waals surface area contributed by atoms with Crippen molar-refractivity contribution in [3.8, 4) is 11.6 Å². The first-order valence-corrected chi connectivity index (χ1v) is 10.8. The van der Waals surface area contributed by atoms with E-state index in [1.54, 1.807) is 24.4 Å². The number of Topliss-reactive ketones (excluding diaryl/α,β-unsaturated/α-hetero) is 1. The summed E-state index contributed by atoms with van der Waals surface area (Å²) < 4.78 is 26.0. The second-order valence-electron chi connectivity index (χ2n) is 8.65. The molecule has 0 radical (unpaired) electrons. The smallest absolute Gasteiger partial charge is 0.268 e. The highest BCUT2D eigenvalue weighted by Gasteiger charge is 2.36. The molecule has 1 saturated heterocycles. The van der Waals surface area contributed by atoms with Gasteiger partial charge in [-0.1, -0.05) is 13.8 Å². The standard InChI is InChI=1S/C24H27FN2O4/c1-14(2)10-15(3)30-23-7-4-17(13-26-23)31-22-8-9-27(24(22)29)16-11-19-18(20(25)12-16)5-6-21(19)28/h4,7,11-15,22H,5-6,8-10H2,1-3H3. The summed E-state index contributed by atoms with van der Waals surface area (Å²) in [6.45, 7) is 6.69. The number of ether oxygens (including phenoxy) is 2. The van der Waals surface area contributed by atoms with E-state index in [2.05, 4.69) is 18.8 Å². The third-order valence-electron chi connectivity index (χ3n) is 5.66. The van der Waals surface area contributed by atoms with Gasteiger partial charge in [-0.2, -0.15) is 0 Å². The maximum atomic E-state index is 14.4. The minimum Gasteiger partial charge on any atom is -0.479 e. The lowest BCUT2D eigenvalue weighted by molar-refractivity contribution is -0.122. The largest absolute Gasteiger partial charge is 0.479 e. The highest BCUT2D eigenvalue weighted by Crippen LogP contribution is 2.32. The van der Waals surface area contributed by atoms with Gasteiger partial charge in [0.25, 0.3) is 5.91 Å². The van der Waals surface area contributed by atoms with Crippen molar-refractivity contribution in [3.05, 3.63) is 47.4 Å². The van der Waals surface area contributed by atoms with Crippen LogP contribution in [0.25, 0.3) is 0 Å². The van der Waals surface area contributed by atoms with Crippen LogP contribution >= 0.6 is 0 Å². The first-order chi connectivity index (χ1) is 14.8. The molecule has 6 nitrogen and oxygen atoms in total. The maximum absolute atomic E-state index is 14.4. The van der Waals surface area contributed by atoms with E-state index in [4.69, 9.17) is 9.47 Å². The van der Waals surface area contributed by atoms with Crippen LogP contribution in [0.3, 0.4) is 0 Å². The summed E-state index contributed by atoms with van der Waals surface area (Å²) in [6, 6.07) is 6.42. The van der Waals surface area contributed by atoms with Gasteiger partial charge in [0.05, 0.1) is 12.3 Å². The van der Waals surface area contributed by atoms with Gasteiger partial charge in [-0.05, 0) is 49.4 Å². The molecule has 164 valence electrons. The van der Waals surface area contributed by atoms with Crippen LogP contribution in [0, 0.1) is 11.7 Å². The number of aromatic nitrogens is 1. The second kappa shape index (κ2) is 8.65. The zero-order valence-electron chi connectivity index (χ0n) is 18.1. The Morgan fingerprint density at radius 3 is 2.71 bits per heavy atom. The number of hydrogen-bond donors (Lipinski definition) is 0. The molecule has 1 fully saturated rings. The summed E-state index contributed by atoms with van der Waals surface area (Å²) in [5, 5.41) is 0. The number of ketones is 1. The number of rotatable bonds is 7. The van der Waals surface area contributed by atoms with E-state index in [-0.39, 0.29) is 17.8 Å². The summed E-state index contributed by atoms with van der Waals surface area (Å²) in [7, 11) is 0. The quantitative estimate of drug-likeness (QED) is 0.659. The Bertz CT molecular complexity index is 990. The van der Waals surface area contributed by atoms with E-state index in [0.29, 0.717) is 60.2 Å². The first kappa shape index (κ1) is 21.3. The molecule has 2 heterocycles. The average molecular weight is 426 g/mol. The lowest BCUT2D eigenvalue weighted by atomic mass is 10.1. The van der Waals surface area contributed by atoms with Crippen LogP contribution in [0.5, 0.6) is 11.6 Å². The molecular formula is C24H27FN2O4. The molecule has 7 heteroatoms. The number of hydrogen-bond acceptors (Lipinski definition) is 5. The Morgan fingerprint density at radius 2 is 2.00 bits per heavy atom. The summed E-state index contributed by atoms with van der Waals surface area (Å²) in [6.07, 6.45) is 3.06. The molecule has 1 aromatic carbocycles. The molecule has 2 unspecified atom stereocenters. The van der Waals surface area contributed by atoms with Crippen LogP contribution in [-0.4, -0.2) is 35.4 Å². The summed E-state index contributed by atoms with van der Waals surface area (Å²) in [5.41, 5.74) is 1.24. The molecule has 1 aliphatic carbocycles. The number of carbonyl (C=O) groups is 2. The van der Waals surface area contributed by atoms with Crippen molar-refractivity contribution < 1.29 is 23.5 Å². The molecule has 2 aliphatic rings. The van der Waals surface area contributed by atoms with Crippen molar-refractivity contribution in [2.24, 2.45) is 5.92 Å². The van der Waals surface area contributed by atoms with Gasteiger partial charge in [-0.25, -0.2) is 9.37 Å². The van der Waals surface area contributed by atoms with Crippen molar-refractivity contribution in [1.82, 2.24) is 4.98 Å². The Kier molecular flexibility index (Phi) is 5.94. The first-order valence-electron chi connectivity index (χ1n) is 10.8. The Morgan fingerprint density at radius 1 is 1.19 bits per heavy atom. The van der Waals surface area contributed by atoms with Crippen LogP contribution < -0.4 is 14.4 Å². The number of benzene rings is 1. The Labute approximate surface area is 181 Å². The van der Waals surface area contributed by atoms with Gasteiger partial charge in [0, 0.05) is 36.7 Å². The van der Waals surface area contributed by atoms with E-state index >= 15 is 0 Å². The molecule has 0 bridgehead atoms. The molecule has 2 aromatic rings. The van der Waals surface area contributed by atoms with Gasteiger partial charge in [0.15, 0.2) is 11.9 Å². The van der Waals surface area contributed by atoms with E-state index in [1.165, 1.54) is 11.0 Å². The number of fused-ring (bicyclic) bond motifs is 1. The minimum atomic E-state index is -0.680. The van der Waals surface area contributed by atoms with E-state index in [9.17, 15) is 14.0 Å². The van der Waals surface area contributed by atoms with Gasteiger partial charge < -0.3 is 14.4 Å². The molecule has 31 heavy (non-hydrogen) atoms. The molecule has 4 rings (SSSR count). The number of nitrogens with zero attached hydrogens (tertiary/aromatic N) is 2. The van der Waals surface area contributed by atoms with Crippen molar-refractivity contribution in [3.63, 3.8) is 0 Å². The molecule has 1 aromatic heterocycles. The normalized spacial score (nSPS) is 19.1. The molecule has 2 atom stereocenters. The number of amides is 1. The zero-order chi connectivity index (χ0) is 22.1. The summed E-state index contributed by atoms with van der Waals surface area (Å²) in [4.78, 5) is 30.6.